The van der Waals surface area contributed by atoms with Gasteiger partial charge in [-0.2, -0.15) is 0 Å². The minimum atomic E-state index is -0.295. The number of benzene rings is 2. The first-order valence-electron chi connectivity index (χ1n) is 10.7. The number of amides is 3. The third-order valence-corrected chi connectivity index (χ3v) is 5.16. The van der Waals surface area contributed by atoms with Gasteiger partial charge in [0.25, 0.3) is 5.91 Å². The van der Waals surface area contributed by atoms with Crippen molar-refractivity contribution >= 4 is 29.1 Å². The fraction of sp³-hybridized carbons (Fsp3) is 0.200. The first-order valence-corrected chi connectivity index (χ1v) is 10.7. The van der Waals surface area contributed by atoms with E-state index in [1.54, 1.807) is 35.4 Å². The fourth-order valence-corrected chi connectivity index (χ4v) is 3.52. The number of hydrogen-bond donors (Lipinski definition) is 2. The van der Waals surface area contributed by atoms with Crippen LogP contribution < -0.4 is 20.3 Å². The molecule has 0 saturated carbocycles. The van der Waals surface area contributed by atoms with E-state index in [4.69, 9.17) is 4.74 Å². The Kier molecular flexibility index (Phi) is 6.94. The summed E-state index contributed by atoms with van der Waals surface area (Å²) in [5.74, 6) is -0.0305. The molecule has 2 N–H and O–H groups in total. The molecule has 1 aliphatic rings. The molecule has 3 aromatic rings. The molecule has 8 nitrogen and oxygen atoms in total. The molecule has 0 unspecified atom stereocenters. The lowest BCUT2D eigenvalue weighted by molar-refractivity contribution is -0.122. The normalized spacial score (nSPS) is 12.3. The van der Waals surface area contributed by atoms with E-state index in [1.807, 2.05) is 42.5 Å². The van der Waals surface area contributed by atoms with E-state index in [9.17, 15) is 14.4 Å². The summed E-state index contributed by atoms with van der Waals surface area (Å²) < 4.78 is 5.57. The third kappa shape index (κ3) is 5.74. The Balaban J connectivity index is 1.29. The monoisotopic (exact) mass is 444 g/mol. The summed E-state index contributed by atoms with van der Waals surface area (Å²) in [6, 6.07) is 19.5. The van der Waals surface area contributed by atoms with Crippen LogP contribution in [0, 0.1) is 0 Å². The van der Waals surface area contributed by atoms with E-state index >= 15 is 0 Å². The quantitative estimate of drug-likeness (QED) is 0.583. The number of rotatable bonds is 7. The van der Waals surface area contributed by atoms with E-state index in [0.29, 0.717) is 36.7 Å². The van der Waals surface area contributed by atoms with Crippen LogP contribution in [0.15, 0.2) is 72.9 Å². The van der Waals surface area contributed by atoms with Crippen LogP contribution >= 0.6 is 0 Å². The first-order chi connectivity index (χ1) is 16.1. The number of aromatic nitrogens is 1. The van der Waals surface area contributed by atoms with Gasteiger partial charge in [0.15, 0.2) is 0 Å². The van der Waals surface area contributed by atoms with Gasteiger partial charge in [0.1, 0.15) is 12.4 Å². The number of ether oxygens (including phenoxy) is 1. The Bertz CT molecular complexity index is 1150. The van der Waals surface area contributed by atoms with Crippen molar-refractivity contribution in [2.24, 2.45) is 0 Å². The molecule has 0 aliphatic carbocycles. The largest absolute Gasteiger partial charge is 0.490 e. The lowest BCUT2D eigenvalue weighted by Gasteiger charge is -2.29. The van der Waals surface area contributed by atoms with Crippen molar-refractivity contribution in [3.63, 3.8) is 0 Å². The standard InChI is InChI=1S/C25H24N4O4/c30-23(11-12-24(31)29-14-15-33-22-10-2-1-9-21(22)29)28-19-8-5-6-18(16-19)25(32)27-17-20-7-3-4-13-26-20/h1-10,13,16H,11-12,14-15,17H2,(H,27,32)(H,28,30). The lowest BCUT2D eigenvalue weighted by Crippen LogP contribution is -2.38. The molecule has 0 radical (unpaired) electrons. The topological polar surface area (TPSA) is 101 Å². The number of hydrogen-bond acceptors (Lipinski definition) is 5. The van der Waals surface area contributed by atoms with E-state index in [2.05, 4.69) is 15.6 Å². The van der Waals surface area contributed by atoms with E-state index < -0.39 is 0 Å². The molecule has 3 amide bonds. The van der Waals surface area contributed by atoms with Crippen LogP contribution in [-0.4, -0.2) is 35.9 Å². The van der Waals surface area contributed by atoms with Gasteiger partial charge >= 0.3 is 0 Å². The summed E-state index contributed by atoms with van der Waals surface area (Å²) in [7, 11) is 0. The van der Waals surface area contributed by atoms with Gasteiger partial charge in [-0.15, -0.1) is 0 Å². The number of carbonyl (C=O) groups is 3. The molecular formula is C25H24N4O4. The fourth-order valence-electron chi connectivity index (χ4n) is 3.52. The van der Waals surface area contributed by atoms with Crippen molar-refractivity contribution < 1.29 is 19.1 Å². The van der Waals surface area contributed by atoms with Crippen LogP contribution in [0.2, 0.25) is 0 Å². The molecule has 33 heavy (non-hydrogen) atoms. The summed E-state index contributed by atoms with van der Waals surface area (Å²) in [4.78, 5) is 43.4. The highest BCUT2D eigenvalue weighted by atomic mass is 16.5. The highest BCUT2D eigenvalue weighted by Crippen LogP contribution is 2.31. The average Bonchev–Trinajstić information content (AvgIpc) is 2.86. The van der Waals surface area contributed by atoms with Crippen LogP contribution in [-0.2, 0) is 16.1 Å². The van der Waals surface area contributed by atoms with Crippen molar-refractivity contribution in [3.05, 3.63) is 84.2 Å². The van der Waals surface area contributed by atoms with E-state index in [1.165, 1.54) is 0 Å². The van der Waals surface area contributed by atoms with Crippen LogP contribution in [0.5, 0.6) is 5.75 Å². The Hall–Kier alpha value is -4.20. The summed E-state index contributed by atoms with van der Waals surface area (Å²) >= 11 is 0. The molecule has 1 aliphatic heterocycles. The zero-order chi connectivity index (χ0) is 23.0. The van der Waals surface area contributed by atoms with E-state index in [-0.39, 0.29) is 30.6 Å². The van der Waals surface area contributed by atoms with Crippen LogP contribution in [0.1, 0.15) is 28.9 Å². The highest BCUT2D eigenvalue weighted by Gasteiger charge is 2.23. The number of carbonyl (C=O) groups excluding carboxylic acids is 3. The Labute approximate surface area is 191 Å². The maximum absolute atomic E-state index is 12.7. The minimum absolute atomic E-state index is 0.0362. The van der Waals surface area contributed by atoms with Gasteiger partial charge in [-0.05, 0) is 42.5 Å². The summed E-state index contributed by atoms with van der Waals surface area (Å²) in [6.45, 7) is 1.18. The third-order valence-electron chi connectivity index (χ3n) is 5.16. The molecule has 0 saturated heterocycles. The minimum Gasteiger partial charge on any atom is -0.490 e. The smallest absolute Gasteiger partial charge is 0.251 e. The zero-order valence-electron chi connectivity index (χ0n) is 18.0. The van der Waals surface area contributed by atoms with Crippen LogP contribution in [0.3, 0.4) is 0 Å². The van der Waals surface area contributed by atoms with Gasteiger partial charge in [-0.3, -0.25) is 19.4 Å². The molecule has 0 atom stereocenters. The van der Waals surface area contributed by atoms with Gasteiger partial charge in [0.2, 0.25) is 11.8 Å². The maximum Gasteiger partial charge on any atom is 0.251 e. The highest BCUT2D eigenvalue weighted by molar-refractivity contribution is 6.00. The average molecular weight is 444 g/mol. The van der Waals surface area contributed by atoms with Gasteiger partial charge in [-0.1, -0.05) is 24.3 Å². The Morgan fingerprint density at radius 1 is 0.970 bits per heavy atom. The predicted octanol–water partition coefficient (Wildman–Crippen LogP) is 3.16. The van der Waals surface area contributed by atoms with Gasteiger partial charge in [0, 0.05) is 30.3 Å². The molecule has 168 valence electrons. The SMILES string of the molecule is O=C(CCC(=O)N1CCOc2ccccc21)Nc1cccc(C(=O)NCc2ccccn2)c1. The van der Waals surface area contributed by atoms with Gasteiger partial charge < -0.3 is 20.3 Å². The molecule has 0 fully saturated rings. The summed E-state index contributed by atoms with van der Waals surface area (Å²) in [6.07, 6.45) is 1.78. The summed E-state index contributed by atoms with van der Waals surface area (Å²) in [5, 5.41) is 5.57. The number of nitrogens with zero attached hydrogens (tertiary/aromatic N) is 2. The zero-order valence-corrected chi connectivity index (χ0v) is 18.0. The number of pyridine rings is 1. The van der Waals surface area contributed by atoms with Gasteiger partial charge in [-0.25, -0.2) is 0 Å². The van der Waals surface area contributed by atoms with Crippen molar-refractivity contribution in [2.75, 3.05) is 23.4 Å². The molecule has 8 heteroatoms. The maximum atomic E-state index is 12.7. The van der Waals surface area contributed by atoms with Gasteiger partial charge in [0.05, 0.1) is 24.5 Å². The van der Waals surface area contributed by atoms with Crippen LogP contribution in [0.25, 0.3) is 0 Å². The molecule has 1 aromatic heterocycles. The summed E-state index contributed by atoms with van der Waals surface area (Å²) in [5.41, 5.74) is 2.39. The predicted molar refractivity (Wildman–Crippen MR) is 124 cm³/mol. The van der Waals surface area contributed by atoms with E-state index in [0.717, 1.165) is 11.4 Å². The van der Waals surface area contributed by atoms with Crippen molar-refractivity contribution in [3.8, 4) is 5.75 Å². The molecule has 0 bridgehead atoms. The number of fused-ring (bicyclic) bond motifs is 1. The molecular weight excluding hydrogens is 420 g/mol. The molecule has 2 heterocycles. The number of para-hydroxylation sites is 2. The second kappa shape index (κ2) is 10.4. The number of nitrogens with one attached hydrogen (secondary N) is 2. The van der Waals surface area contributed by atoms with Crippen LogP contribution in [0.4, 0.5) is 11.4 Å². The molecule has 2 aromatic carbocycles. The van der Waals surface area contributed by atoms with Crippen molar-refractivity contribution in [2.45, 2.75) is 19.4 Å². The van der Waals surface area contributed by atoms with Crippen molar-refractivity contribution in [1.82, 2.24) is 10.3 Å². The van der Waals surface area contributed by atoms with Crippen molar-refractivity contribution in [1.29, 1.82) is 0 Å². The first kappa shape index (κ1) is 22.0. The second-order valence-electron chi connectivity index (χ2n) is 7.49. The lowest BCUT2D eigenvalue weighted by atomic mass is 10.1. The Morgan fingerprint density at radius 3 is 2.67 bits per heavy atom. The Morgan fingerprint density at radius 2 is 1.82 bits per heavy atom. The number of anilines is 2. The molecule has 4 rings (SSSR count). The second-order valence-corrected chi connectivity index (χ2v) is 7.49. The molecule has 0 spiro atoms.